The van der Waals surface area contributed by atoms with Crippen molar-refractivity contribution >= 4 is 43.6 Å². The van der Waals surface area contributed by atoms with Gasteiger partial charge < -0.3 is 10.6 Å². The lowest BCUT2D eigenvalue weighted by Gasteiger charge is -2.10. The molecule has 3 nitrogen and oxygen atoms in total. The van der Waals surface area contributed by atoms with Crippen LogP contribution in [0.25, 0.3) is 0 Å². The topological polar surface area (TPSA) is 41.1 Å². The van der Waals surface area contributed by atoms with E-state index in [-0.39, 0.29) is 6.54 Å². The maximum atomic E-state index is 13.0. The number of carbonyl (C=O) groups is 1. The third-order valence-electron chi connectivity index (χ3n) is 2.55. The van der Waals surface area contributed by atoms with Crippen molar-refractivity contribution in [2.75, 3.05) is 5.32 Å². The summed E-state index contributed by atoms with van der Waals surface area (Å²) in [6, 6.07) is 7.97. The Hall–Kier alpha value is -1.47. The fraction of sp³-hybridized carbons (Fsp3) is 0.0714. The zero-order valence-corrected chi connectivity index (χ0v) is 13.8. The minimum Gasteiger partial charge on any atom is -0.334 e. The molecule has 0 spiro atoms. The van der Waals surface area contributed by atoms with Gasteiger partial charge in [0, 0.05) is 21.6 Å². The molecule has 0 fully saturated rings. The maximum absolute atomic E-state index is 13.0. The fourth-order valence-corrected chi connectivity index (χ4v) is 2.36. The molecule has 2 amide bonds. The van der Waals surface area contributed by atoms with Gasteiger partial charge in [-0.3, -0.25) is 0 Å². The molecule has 0 atom stereocenters. The van der Waals surface area contributed by atoms with Gasteiger partial charge in [-0.05, 0) is 51.8 Å². The third kappa shape index (κ3) is 4.78. The van der Waals surface area contributed by atoms with E-state index in [2.05, 4.69) is 42.5 Å². The lowest BCUT2D eigenvalue weighted by Crippen LogP contribution is -2.28. The van der Waals surface area contributed by atoms with E-state index in [0.29, 0.717) is 11.3 Å². The van der Waals surface area contributed by atoms with Gasteiger partial charge in [0.2, 0.25) is 0 Å². The van der Waals surface area contributed by atoms with E-state index in [1.165, 1.54) is 12.1 Å². The van der Waals surface area contributed by atoms with Crippen molar-refractivity contribution in [3.05, 3.63) is 62.5 Å². The number of anilines is 1. The Morgan fingerprint density at radius 1 is 1.05 bits per heavy atom. The molecule has 0 radical (unpaired) electrons. The van der Waals surface area contributed by atoms with Crippen LogP contribution < -0.4 is 10.6 Å². The number of amides is 2. The predicted molar refractivity (Wildman–Crippen MR) is 84.1 cm³/mol. The normalized spacial score (nSPS) is 10.3. The van der Waals surface area contributed by atoms with Crippen molar-refractivity contribution in [3.63, 3.8) is 0 Å². The molecular formula is C14H10Br2F2N2O. The molecule has 0 saturated heterocycles. The quantitative estimate of drug-likeness (QED) is 0.736. The van der Waals surface area contributed by atoms with Gasteiger partial charge in [0.05, 0.1) is 5.69 Å². The Morgan fingerprint density at radius 3 is 2.38 bits per heavy atom. The van der Waals surface area contributed by atoms with Crippen LogP contribution >= 0.6 is 31.9 Å². The van der Waals surface area contributed by atoms with Crippen LogP contribution in [0.4, 0.5) is 19.3 Å². The largest absolute Gasteiger partial charge is 0.334 e. The Morgan fingerprint density at radius 2 is 1.71 bits per heavy atom. The minimum absolute atomic E-state index is 0.0200. The molecule has 2 N–H and O–H groups in total. The average Bonchev–Trinajstić information content (AvgIpc) is 2.40. The van der Waals surface area contributed by atoms with Gasteiger partial charge in [-0.25, -0.2) is 13.6 Å². The Kier molecular flexibility index (Phi) is 5.30. The molecule has 2 rings (SSSR count). The molecule has 7 heteroatoms. The second-order valence-corrected chi connectivity index (χ2v) is 5.98. The summed E-state index contributed by atoms with van der Waals surface area (Å²) >= 11 is 6.61. The van der Waals surface area contributed by atoms with Crippen molar-refractivity contribution in [2.45, 2.75) is 6.54 Å². The Bertz CT molecular complexity index is 660. The van der Waals surface area contributed by atoms with Crippen molar-refractivity contribution in [1.82, 2.24) is 5.32 Å². The van der Waals surface area contributed by atoms with Crippen molar-refractivity contribution in [2.24, 2.45) is 0 Å². The molecule has 0 heterocycles. The van der Waals surface area contributed by atoms with Crippen LogP contribution in [0, 0.1) is 11.6 Å². The smallest absolute Gasteiger partial charge is 0.319 e. The van der Waals surface area contributed by atoms with E-state index in [9.17, 15) is 13.6 Å². The highest BCUT2D eigenvalue weighted by atomic mass is 79.9. The zero-order chi connectivity index (χ0) is 15.4. The molecule has 0 aliphatic carbocycles. The summed E-state index contributed by atoms with van der Waals surface area (Å²) in [5.41, 5.74) is 0.920. The first kappa shape index (κ1) is 15.9. The van der Waals surface area contributed by atoms with Crippen LogP contribution in [0.2, 0.25) is 0 Å². The number of carbonyl (C=O) groups excluding carboxylic acids is 1. The highest BCUT2D eigenvalue weighted by molar-refractivity contribution is 9.11. The van der Waals surface area contributed by atoms with Crippen LogP contribution in [0.5, 0.6) is 0 Å². The van der Waals surface area contributed by atoms with E-state index < -0.39 is 17.7 Å². The predicted octanol–water partition coefficient (Wildman–Crippen LogP) is 4.81. The molecule has 0 unspecified atom stereocenters. The molecule has 110 valence electrons. The number of hydrogen-bond acceptors (Lipinski definition) is 1. The van der Waals surface area contributed by atoms with Crippen LogP contribution in [0.1, 0.15) is 5.56 Å². The first-order valence-electron chi connectivity index (χ1n) is 5.89. The maximum Gasteiger partial charge on any atom is 0.319 e. The van der Waals surface area contributed by atoms with E-state index in [1.54, 1.807) is 12.1 Å². The number of nitrogens with one attached hydrogen (secondary N) is 2. The van der Waals surface area contributed by atoms with Crippen molar-refractivity contribution in [3.8, 4) is 0 Å². The number of halogens is 4. The van der Waals surface area contributed by atoms with Crippen molar-refractivity contribution in [1.29, 1.82) is 0 Å². The molecule has 0 aliphatic rings. The van der Waals surface area contributed by atoms with Gasteiger partial charge in [-0.15, -0.1) is 0 Å². The van der Waals surface area contributed by atoms with Crippen LogP contribution in [0.3, 0.4) is 0 Å². The van der Waals surface area contributed by atoms with Gasteiger partial charge in [0.15, 0.2) is 0 Å². The molecule has 0 aliphatic heterocycles. The summed E-state index contributed by atoms with van der Waals surface area (Å²) in [6.07, 6.45) is 0. The number of benzene rings is 2. The summed E-state index contributed by atoms with van der Waals surface area (Å²) in [6.45, 7) is 0.0200. The fourth-order valence-electron chi connectivity index (χ4n) is 1.66. The third-order valence-corrected chi connectivity index (χ3v) is 3.74. The number of urea groups is 1. The molecule has 0 saturated carbocycles. The van der Waals surface area contributed by atoms with E-state index in [1.807, 2.05) is 6.07 Å². The van der Waals surface area contributed by atoms with Gasteiger partial charge in [0.1, 0.15) is 11.6 Å². The highest BCUT2D eigenvalue weighted by Gasteiger charge is 2.07. The van der Waals surface area contributed by atoms with Crippen LogP contribution in [-0.4, -0.2) is 6.03 Å². The van der Waals surface area contributed by atoms with Crippen LogP contribution in [-0.2, 0) is 6.54 Å². The standard InChI is InChI=1S/C14H10Br2F2N2O/c15-9-1-2-12(16)13(5-9)20-14(21)19-7-8-3-10(17)6-11(18)4-8/h1-6H,7H2,(H2,19,20,21). The lowest BCUT2D eigenvalue weighted by atomic mass is 10.2. The second-order valence-electron chi connectivity index (χ2n) is 4.21. The van der Waals surface area contributed by atoms with Gasteiger partial charge in [-0.1, -0.05) is 15.9 Å². The summed E-state index contributed by atoms with van der Waals surface area (Å²) in [5, 5.41) is 5.17. The van der Waals surface area contributed by atoms with Crippen LogP contribution in [0.15, 0.2) is 45.3 Å². The molecule has 21 heavy (non-hydrogen) atoms. The molecule has 2 aromatic carbocycles. The van der Waals surface area contributed by atoms with Gasteiger partial charge in [0.25, 0.3) is 0 Å². The number of hydrogen-bond donors (Lipinski definition) is 2. The number of rotatable bonds is 3. The first-order chi connectivity index (χ1) is 9.94. The SMILES string of the molecule is O=C(NCc1cc(F)cc(F)c1)Nc1cc(Br)ccc1Br. The van der Waals surface area contributed by atoms with Gasteiger partial charge in [-0.2, -0.15) is 0 Å². The molecular weight excluding hydrogens is 410 g/mol. The average molecular weight is 420 g/mol. The zero-order valence-electron chi connectivity index (χ0n) is 10.6. The van der Waals surface area contributed by atoms with E-state index in [0.717, 1.165) is 15.0 Å². The monoisotopic (exact) mass is 418 g/mol. The summed E-state index contributed by atoms with van der Waals surface area (Å²) in [5.74, 6) is -1.36. The van der Waals surface area contributed by atoms with E-state index in [4.69, 9.17) is 0 Å². The Labute approximate surface area is 137 Å². The van der Waals surface area contributed by atoms with E-state index >= 15 is 0 Å². The van der Waals surface area contributed by atoms with Gasteiger partial charge >= 0.3 is 6.03 Å². The summed E-state index contributed by atoms with van der Waals surface area (Å²) in [7, 11) is 0. The molecule has 2 aromatic rings. The second kappa shape index (κ2) is 7.00. The highest BCUT2D eigenvalue weighted by Crippen LogP contribution is 2.26. The van der Waals surface area contributed by atoms with Crippen molar-refractivity contribution < 1.29 is 13.6 Å². The first-order valence-corrected chi connectivity index (χ1v) is 7.47. The lowest BCUT2D eigenvalue weighted by molar-refractivity contribution is 0.251. The summed E-state index contributed by atoms with van der Waals surface area (Å²) in [4.78, 5) is 11.8. The Balaban J connectivity index is 1.97. The molecule has 0 aromatic heterocycles. The summed E-state index contributed by atoms with van der Waals surface area (Å²) < 4.78 is 27.6. The minimum atomic E-state index is -0.679. The molecule has 0 bridgehead atoms.